The number of rotatable bonds is 5. The summed E-state index contributed by atoms with van der Waals surface area (Å²) in [4.78, 5) is 4.96. The molecule has 0 saturated carbocycles. The van der Waals surface area contributed by atoms with Gasteiger partial charge in [0.1, 0.15) is 5.82 Å². The zero-order valence-electron chi connectivity index (χ0n) is 13.4. The van der Waals surface area contributed by atoms with E-state index in [-0.39, 0.29) is 17.8 Å². The van der Waals surface area contributed by atoms with E-state index >= 15 is 0 Å². The number of hydrogen-bond donors (Lipinski definition) is 1. The van der Waals surface area contributed by atoms with Gasteiger partial charge >= 0.3 is 0 Å². The standard InChI is InChI=1S/C17H28FN3/c1-4-21-10-9-20(12-14(21)3)11-13(2)17(19)15-7-5-6-8-16(15)18/h5-8,13-14,17H,4,9-12,19H2,1-3H3. The van der Waals surface area contributed by atoms with Crippen LogP contribution < -0.4 is 5.73 Å². The van der Waals surface area contributed by atoms with Gasteiger partial charge in [-0.25, -0.2) is 4.39 Å². The van der Waals surface area contributed by atoms with Gasteiger partial charge in [-0.2, -0.15) is 0 Å². The second-order valence-corrected chi connectivity index (χ2v) is 6.26. The summed E-state index contributed by atoms with van der Waals surface area (Å²) in [6, 6.07) is 7.19. The van der Waals surface area contributed by atoms with Gasteiger partial charge in [0.25, 0.3) is 0 Å². The highest BCUT2D eigenvalue weighted by molar-refractivity contribution is 5.21. The SMILES string of the molecule is CCN1CCN(CC(C)C(N)c2ccccc2F)CC1C. The predicted octanol–water partition coefficient (Wildman–Crippen LogP) is 2.49. The largest absolute Gasteiger partial charge is 0.324 e. The Balaban J connectivity index is 1.93. The van der Waals surface area contributed by atoms with Crippen molar-refractivity contribution in [1.29, 1.82) is 0 Å². The molecule has 0 aromatic heterocycles. The van der Waals surface area contributed by atoms with Crippen LogP contribution in [-0.4, -0.2) is 48.6 Å². The molecule has 3 atom stereocenters. The van der Waals surface area contributed by atoms with Crippen molar-refractivity contribution in [3.8, 4) is 0 Å². The molecule has 3 nitrogen and oxygen atoms in total. The van der Waals surface area contributed by atoms with Crippen LogP contribution in [0.5, 0.6) is 0 Å². The first kappa shape index (κ1) is 16.4. The van der Waals surface area contributed by atoms with E-state index in [4.69, 9.17) is 5.73 Å². The van der Waals surface area contributed by atoms with Gasteiger partial charge in [-0.3, -0.25) is 4.90 Å². The number of halogens is 1. The molecule has 0 bridgehead atoms. The topological polar surface area (TPSA) is 32.5 Å². The molecule has 1 heterocycles. The number of nitrogens with zero attached hydrogens (tertiary/aromatic N) is 2. The van der Waals surface area contributed by atoms with Gasteiger partial charge in [0.15, 0.2) is 0 Å². The van der Waals surface area contributed by atoms with Gasteiger partial charge in [0.2, 0.25) is 0 Å². The molecule has 1 aliphatic heterocycles. The molecule has 0 radical (unpaired) electrons. The molecule has 0 aliphatic carbocycles. The summed E-state index contributed by atoms with van der Waals surface area (Å²) in [7, 11) is 0. The quantitative estimate of drug-likeness (QED) is 0.905. The van der Waals surface area contributed by atoms with Crippen molar-refractivity contribution < 1.29 is 4.39 Å². The lowest BCUT2D eigenvalue weighted by atomic mass is 9.94. The van der Waals surface area contributed by atoms with Gasteiger partial charge in [-0.1, -0.05) is 32.0 Å². The summed E-state index contributed by atoms with van der Waals surface area (Å²) >= 11 is 0. The molecule has 1 aromatic rings. The first-order valence-electron chi connectivity index (χ1n) is 7.99. The third-order valence-electron chi connectivity index (χ3n) is 4.68. The van der Waals surface area contributed by atoms with Crippen molar-refractivity contribution in [2.45, 2.75) is 32.9 Å². The summed E-state index contributed by atoms with van der Waals surface area (Å²) in [5.74, 6) is 0.0447. The number of likely N-dealkylation sites (N-methyl/N-ethyl adjacent to an activating group) is 1. The molecule has 3 unspecified atom stereocenters. The van der Waals surface area contributed by atoms with Crippen LogP contribution in [0.3, 0.4) is 0 Å². The molecule has 2 rings (SSSR count). The first-order valence-corrected chi connectivity index (χ1v) is 7.99. The molecule has 0 spiro atoms. The second-order valence-electron chi connectivity index (χ2n) is 6.26. The summed E-state index contributed by atoms with van der Waals surface area (Å²) in [5, 5.41) is 0. The Labute approximate surface area is 127 Å². The average molecular weight is 293 g/mol. The molecule has 21 heavy (non-hydrogen) atoms. The second kappa shape index (κ2) is 7.34. The lowest BCUT2D eigenvalue weighted by Crippen LogP contribution is -2.52. The van der Waals surface area contributed by atoms with Crippen molar-refractivity contribution in [2.24, 2.45) is 11.7 Å². The monoisotopic (exact) mass is 293 g/mol. The fourth-order valence-electron chi connectivity index (χ4n) is 3.28. The first-order chi connectivity index (χ1) is 10.0. The molecule has 1 aliphatic rings. The van der Waals surface area contributed by atoms with E-state index in [1.165, 1.54) is 6.07 Å². The average Bonchev–Trinajstić information content (AvgIpc) is 2.47. The fraction of sp³-hybridized carbons (Fsp3) is 0.647. The van der Waals surface area contributed by atoms with Gasteiger partial charge in [-0.15, -0.1) is 0 Å². The smallest absolute Gasteiger partial charge is 0.127 e. The third kappa shape index (κ3) is 4.02. The van der Waals surface area contributed by atoms with E-state index in [2.05, 4.69) is 30.6 Å². The van der Waals surface area contributed by atoms with Crippen molar-refractivity contribution in [3.63, 3.8) is 0 Å². The normalized spacial score (nSPS) is 24.0. The molecule has 1 aromatic carbocycles. The van der Waals surface area contributed by atoms with Crippen molar-refractivity contribution in [2.75, 3.05) is 32.7 Å². The molecule has 4 heteroatoms. The van der Waals surface area contributed by atoms with Crippen LogP contribution in [0.2, 0.25) is 0 Å². The molecular weight excluding hydrogens is 265 g/mol. The third-order valence-corrected chi connectivity index (χ3v) is 4.68. The van der Waals surface area contributed by atoms with Crippen LogP contribution in [0.15, 0.2) is 24.3 Å². The Morgan fingerprint density at radius 3 is 2.67 bits per heavy atom. The van der Waals surface area contributed by atoms with E-state index in [1.807, 2.05) is 6.07 Å². The zero-order chi connectivity index (χ0) is 15.4. The Morgan fingerprint density at radius 2 is 2.05 bits per heavy atom. The minimum atomic E-state index is -0.245. The van der Waals surface area contributed by atoms with E-state index in [0.717, 1.165) is 32.7 Å². The summed E-state index contributed by atoms with van der Waals surface area (Å²) in [6.45, 7) is 11.9. The minimum Gasteiger partial charge on any atom is -0.324 e. The van der Waals surface area contributed by atoms with Gasteiger partial charge < -0.3 is 10.6 Å². The van der Waals surface area contributed by atoms with E-state index < -0.39 is 0 Å². The van der Waals surface area contributed by atoms with Crippen molar-refractivity contribution in [1.82, 2.24) is 9.80 Å². The molecular formula is C17H28FN3. The molecule has 1 fully saturated rings. The summed E-state index contributed by atoms with van der Waals surface area (Å²) in [6.07, 6.45) is 0. The highest BCUT2D eigenvalue weighted by Gasteiger charge is 2.26. The van der Waals surface area contributed by atoms with E-state index in [1.54, 1.807) is 12.1 Å². The maximum absolute atomic E-state index is 13.8. The Bertz CT molecular complexity index is 451. The number of benzene rings is 1. The van der Waals surface area contributed by atoms with Crippen LogP contribution in [-0.2, 0) is 0 Å². The van der Waals surface area contributed by atoms with Gasteiger partial charge in [0, 0.05) is 43.8 Å². The highest BCUT2D eigenvalue weighted by atomic mass is 19.1. The van der Waals surface area contributed by atoms with Crippen LogP contribution >= 0.6 is 0 Å². The van der Waals surface area contributed by atoms with Crippen molar-refractivity contribution in [3.05, 3.63) is 35.6 Å². The maximum atomic E-state index is 13.8. The lowest BCUT2D eigenvalue weighted by Gasteiger charge is -2.40. The van der Waals surface area contributed by atoms with Crippen LogP contribution in [0.1, 0.15) is 32.4 Å². The van der Waals surface area contributed by atoms with E-state index in [0.29, 0.717) is 11.6 Å². The zero-order valence-corrected chi connectivity index (χ0v) is 13.4. The summed E-state index contributed by atoms with van der Waals surface area (Å²) in [5.41, 5.74) is 6.90. The predicted molar refractivity (Wildman–Crippen MR) is 85.6 cm³/mol. The molecule has 0 amide bonds. The Hall–Kier alpha value is -0.970. The lowest BCUT2D eigenvalue weighted by molar-refractivity contribution is 0.0758. The molecule has 2 N–H and O–H groups in total. The molecule has 1 saturated heterocycles. The van der Waals surface area contributed by atoms with Gasteiger partial charge in [0.05, 0.1) is 0 Å². The number of piperazine rings is 1. The Kier molecular flexibility index (Phi) is 5.73. The van der Waals surface area contributed by atoms with Crippen LogP contribution in [0.4, 0.5) is 4.39 Å². The summed E-state index contributed by atoms with van der Waals surface area (Å²) < 4.78 is 13.8. The van der Waals surface area contributed by atoms with Crippen LogP contribution in [0.25, 0.3) is 0 Å². The highest BCUT2D eigenvalue weighted by Crippen LogP contribution is 2.23. The molecule has 118 valence electrons. The van der Waals surface area contributed by atoms with Gasteiger partial charge in [-0.05, 0) is 25.5 Å². The Morgan fingerprint density at radius 1 is 1.33 bits per heavy atom. The van der Waals surface area contributed by atoms with Crippen molar-refractivity contribution >= 4 is 0 Å². The fourth-order valence-corrected chi connectivity index (χ4v) is 3.28. The number of hydrogen-bond acceptors (Lipinski definition) is 3. The maximum Gasteiger partial charge on any atom is 0.127 e. The van der Waals surface area contributed by atoms with E-state index in [9.17, 15) is 4.39 Å². The van der Waals surface area contributed by atoms with Crippen LogP contribution in [0, 0.1) is 11.7 Å². The minimum absolute atomic E-state index is 0.193. The number of nitrogens with two attached hydrogens (primary N) is 1.